The maximum Gasteiger partial charge on any atom is 0.326 e. The van der Waals surface area contributed by atoms with Crippen LogP contribution in [0.2, 0.25) is 0 Å². The Labute approximate surface area is 114 Å². The highest BCUT2D eigenvalue weighted by Gasteiger charge is 2.37. The molecule has 1 aliphatic rings. The minimum atomic E-state index is -1.14. The van der Waals surface area contributed by atoms with Gasteiger partial charge in [-0.3, -0.25) is 0 Å². The summed E-state index contributed by atoms with van der Waals surface area (Å²) in [5.74, 6) is -2.67. The molecule has 0 saturated heterocycles. The molecule has 0 bridgehead atoms. The number of aliphatic carboxylic acids is 1. The Hall–Kier alpha value is -2.18. The Morgan fingerprint density at radius 2 is 1.95 bits per heavy atom. The molecule has 7 heteroatoms. The first-order valence-electron chi connectivity index (χ1n) is 6.14. The lowest BCUT2D eigenvalue weighted by Gasteiger charge is -2.15. The predicted molar refractivity (Wildman–Crippen MR) is 67.4 cm³/mol. The molecule has 108 valence electrons. The molecule has 1 unspecified atom stereocenters. The lowest BCUT2D eigenvalue weighted by atomic mass is 10.2. The number of benzene rings is 1. The molecule has 1 fully saturated rings. The van der Waals surface area contributed by atoms with Gasteiger partial charge in [-0.2, -0.15) is 0 Å². The van der Waals surface area contributed by atoms with E-state index in [9.17, 15) is 18.4 Å². The highest BCUT2D eigenvalue weighted by atomic mass is 19.1. The van der Waals surface area contributed by atoms with Crippen LogP contribution in [-0.4, -0.2) is 23.1 Å². The number of urea groups is 1. The number of hydrogen-bond donors (Lipinski definition) is 3. The summed E-state index contributed by atoms with van der Waals surface area (Å²) < 4.78 is 26.8. The number of carbonyl (C=O) groups is 2. The van der Waals surface area contributed by atoms with Gasteiger partial charge in [-0.15, -0.1) is 0 Å². The topological polar surface area (TPSA) is 78.4 Å². The molecule has 20 heavy (non-hydrogen) atoms. The first-order chi connectivity index (χ1) is 9.38. The van der Waals surface area contributed by atoms with Crippen LogP contribution in [0.15, 0.2) is 12.1 Å². The zero-order valence-corrected chi connectivity index (χ0v) is 10.7. The van der Waals surface area contributed by atoms with Gasteiger partial charge in [-0.25, -0.2) is 18.4 Å². The second-order valence-corrected chi connectivity index (χ2v) is 4.83. The molecule has 0 radical (unpaired) electrons. The molecule has 5 nitrogen and oxygen atoms in total. The maximum absolute atomic E-state index is 13.5. The summed E-state index contributed by atoms with van der Waals surface area (Å²) in [4.78, 5) is 22.6. The van der Waals surface area contributed by atoms with Crippen LogP contribution < -0.4 is 10.6 Å². The smallest absolute Gasteiger partial charge is 0.326 e. The lowest BCUT2D eigenvalue weighted by molar-refractivity contribution is -0.139. The molecule has 2 amide bonds. The molecule has 0 aliphatic heterocycles. The van der Waals surface area contributed by atoms with Crippen molar-refractivity contribution >= 4 is 17.7 Å². The molecule has 0 heterocycles. The highest BCUT2D eigenvalue weighted by molar-refractivity contribution is 5.92. The summed E-state index contributed by atoms with van der Waals surface area (Å²) in [7, 11) is 0. The standard InChI is InChI=1S/C13H14F2N2O3/c1-6-4-9(15)10(5-8(6)14)16-13(20)17-11(12(18)19)7-2-3-7/h4-5,7,11H,2-3H2,1H3,(H,18,19)(H2,16,17,20). The Balaban J connectivity index is 2.04. The van der Waals surface area contributed by atoms with Gasteiger partial charge in [-0.1, -0.05) is 0 Å². The number of carbonyl (C=O) groups excluding carboxylic acids is 1. The van der Waals surface area contributed by atoms with E-state index in [1.54, 1.807) is 0 Å². The third-order valence-corrected chi connectivity index (χ3v) is 3.14. The van der Waals surface area contributed by atoms with E-state index in [-0.39, 0.29) is 17.2 Å². The predicted octanol–water partition coefficient (Wildman–Crippen LogP) is 2.26. The highest BCUT2D eigenvalue weighted by Crippen LogP contribution is 2.32. The molecule has 1 atom stereocenters. The number of carboxylic acids is 1. The first kappa shape index (κ1) is 14.2. The molecule has 3 N–H and O–H groups in total. The van der Waals surface area contributed by atoms with Crippen molar-refractivity contribution in [3.05, 3.63) is 29.3 Å². The van der Waals surface area contributed by atoms with E-state index in [1.807, 2.05) is 0 Å². The summed E-state index contributed by atoms with van der Waals surface area (Å²) in [6.45, 7) is 1.40. The Bertz CT molecular complexity index is 559. The number of amides is 2. The van der Waals surface area contributed by atoms with E-state index in [0.29, 0.717) is 0 Å². The average Bonchev–Trinajstić information content (AvgIpc) is 3.17. The van der Waals surface area contributed by atoms with Crippen molar-refractivity contribution in [1.29, 1.82) is 0 Å². The van der Waals surface area contributed by atoms with Crippen molar-refractivity contribution in [2.45, 2.75) is 25.8 Å². The van der Waals surface area contributed by atoms with Gasteiger partial charge in [0, 0.05) is 6.07 Å². The number of hydrogen-bond acceptors (Lipinski definition) is 2. The Morgan fingerprint density at radius 3 is 2.50 bits per heavy atom. The zero-order chi connectivity index (χ0) is 14.9. The number of aryl methyl sites for hydroxylation is 1. The summed E-state index contributed by atoms with van der Waals surface area (Å²) in [6.07, 6.45) is 1.45. The Morgan fingerprint density at radius 1 is 1.30 bits per heavy atom. The third kappa shape index (κ3) is 3.23. The molecule has 0 aromatic heterocycles. The van der Waals surface area contributed by atoms with Crippen molar-refractivity contribution in [2.24, 2.45) is 5.92 Å². The van der Waals surface area contributed by atoms with Crippen molar-refractivity contribution in [2.75, 3.05) is 5.32 Å². The zero-order valence-electron chi connectivity index (χ0n) is 10.7. The monoisotopic (exact) mass is 284 g/mol. The van der Waals surface area contributed by atoms with Crippen molar-refractivity contribution in [3.63, 3.8) is 0 Å². The molecular weight excluding hydrogens is 270 g/mol. The first-order valence-corrected chi connectivity index (χ1v) is 6.14. The summed E-state index contributed by atoms with van der Waals surface area (Å²) in [6, 6.07) is -0.0581. The van der Waals surface area contributed by atoms with Crippen LogP contribution in [-0.2, 0) is 4.79 Å². The van der Waals surface area contributed by atoms with E-state index in [2.05, 4.69) is 10.6 Å². The van der Waals surface area contributed by atoms with E-state index in [1.165, 1.54) is 6.92 Å². The maximum atomic E-state index is 13.5. The van der Waals surface area contributed by atoms with Gasteiger partial charge in [0.15, 0.2) is 0 Å². The van der Waals surface area contributed by atoms with Gasteiger partial charge in [0.1, 0.15) is 17.7 Å². The number of nitrogens with one attached hydrogen (secondary N) is 2. The fourth-order valence-corrected chi connectivity index (χ4v) is 1.85. The van der Waals surface area contributed by atoms with Gasteiger partial charge in [0.05, 0.1) is 5.69 Å². The molecular formula is C13H14F2N2O3. The van der Waals surface area contributed by atoms with Crippen LogP contribution in [0.4, 0.5) is 19.3 Å². The average molecular weight is 284 g/mol. The molecule has 1 aromatic rings. The van der Waals surface area contributed by atoms with Gasteiger partial charge >= 0.3 is 12.0 Å². The minimum Gasteiger partial charge on any atom is -0.480 e. The second kappa shape index (κ2) is 5.44. The fraction of sp³-hybridized carbons (Fsp3) is 0.385. The number of halogens is 2. The van der Waals surface area contributed by atoms with Gasteiger partial charge in [-0.05, 0) is 37.3 Å². The van der Waals surface area contributed by atoms with Crippen LogP contribution in [0.1, 0.15) is 18.4 Å². The number of carboxylic acid groups (broad SMARTS) is 1. The number of anilines is 1. The summed E-state index contributed by atoms with van der Waals surface area (Å²) >= 11 is 0. The second-order valence-electron chi connectivity index (χ2n) is 4.83. The lowest BCUT2D eigenvalue weighted by Crippen LogP contribution is -2.44. The molecule has 1 aliphatic carbocycles. The van der Waals surface area contributed by atoms with Gasteiger partial charge in [0.2, 0.25) is 0 Å². The van der Waals surface area contributed by atoms with E-state index < -0.39 is 29.7 Å². The Kier molecular flexibility index (Phi) is 3.87. The molecule has 2 rings (SSSR count). The number of rotatable bonds is 4. The molecule has 1 aromatic carbocycles. The fourth-order valence-electron chi connectivity index (χ4n) is 1.85. The van der Waals surface area contributed by atoms with Crippen LogP contribution in [0.25, 0.3) is 0 Å². The van der Waals surface area contributed by atoms with Crippen molar-refractivity contribution in [1.82, 2.24) is 5.32 Å². The van der Waals surface area contributed by atoms with Crippen LogP contribution in [0.3, 0.4) is 0 Å². The quantitative estimate of drug-likeness (QED) is 0.793. The third-order valence-electron chi connectivity index (χ3n) is 3.14. The largest absolute Gasteiger partial charge is 0.480 e. The van der Waals surface area contributed by atoms with Gasteiger partial charge < -0.3 is 15.7 Å². The SMILES string of the molecule is Cc1cc(F)c(NC(=O)NC(C(=O)O)C2CC2)cc1F. The van der Waals surface area contributed by atoms with E-state index in [0.717, 1.165) is 25.0 Å². The summed E-state index contributed by atoms with van der Waals surface area (Å²) in [5, 5.41) is 13.3. The van der Waals surface area contributed by atoms with Crippen LogP contribution in [0, 0.1) is 24.5 Å². The normalized spacial score (nSPS) is 15.6. The van der Waals surface area contributed by atoms with Gasteiger partial charge in [0.25, 0.3) is 0 Å². The molecule has 1 saturated carbocycles. The van der Waals surface area contributed by atoms with Crippen molar-refractivity contribution < 1.29 is 23.5 Å². The van der Waals surface area contributed by atoms with Crippen molar-refractivity contribution in [3.8, 4) is 0 Å². The molecule has 0 spiro atoms. The van der Waals surface area contributed by atoms with Crippen LogP contribution in [0.5, 0.6) is 0 Å². The minimum absolute atomic E-state index is 0.0992. The summed E-state index contributed by atoms with van der Waals surface area (Å²) in [5.41, 5.74) is -0.208. The van der Waals surface area contributed by atoms with E-state index in [4.69, 9.17) is 5.11 Å². The van der Waals surface area contributed by atoms with Crippen LogP contribution >= 0.6 is 0 Å². The van der Waals surface area contributed by atoms with E-state index >= 15 is 0 Å².